The molecule has 0 unspecified atom stereocenters. The lowest BCUT2D eigenvalue weighted by Gasteiger charge is -2.31. The Hall–Kier alpha value is -2.29. The molecule has 110 valence electrons. The zero-order valence-corrected chi connectivity index (χ0v) is 11.2. The number of amides is 4. The van der Waals surface area contributed by atoms with Gasteiger partial charge in [-0.1, -0.05) is 0 Å². The molecule has 0 aromatic heterocycles. The highest BCUT2D eigenvalue weighted by Crippen LogP contribution is 2.14. The zero-order chi connectivity index (χ0) is 15.6. The molecule has 1 aliphatic heterocycles. The summed E-state index contributed by atoms with van der Waals surface area (Å²) in [7, 11) is 2.41. The molecule has 9 nitrogen and oxygen atoms in total. The Kier molecular flexibility index (Phi) is 4.56. The molecule has 9 heteroatoms. The third-order valence-corrected chi connectivity index (χ3v) is 2.87. The third kappa shape index (κ3) is 2.82. The van der Waals surface area contributed by atoms with Crippen LogP contribution in [-0.2, 0) is 14.4 Å². The van der Waals surface area contributed by atoms with Gasteiger partial charge in [0.25, 0.3) is 0 Å². The summed E-state index contributed by atoms with van der Waals surface area (Å²) in [6.45, 7) is 1.22. The van der Waals surface area contributed by atoms with Gasteiger partial charge in [0, 0.05) is 20.3 Å². The lowest BCUT2D eigenvalue weighted by molar-refractivity contribution is -0.145. The number of aliphatic hydroxyl groups excluding tert-OH is 1. The molecule has 2 atom stereocenters. The number of rotatable bonds is 4. The van der Waals surface area contributed by atoms with Gasteiger partial charge in [0.2, 0.25) is 11.8 Å². The summed E-state index contributed by atoms with van der Waals surface area (Å²) in [6, 6.07) is -2.25. The number of nitrogens with zero attached hydrogens (tertiary/aromatic N) is 3. The maximum Gasteiger partial charge on any atom is 0.332 e. The van der Waals surface area contributed by atoms with E-state index in [4.69, 9.17) is 5.11 Å². The molecular formula is C11H15N3O6. The first-order chi connectivity index (χ1) is 9.18. The molecule has 0 aliphatic carbocycles. The van der Waals surface area contributed by atoms with Crippen LogP contribution in [0.5, 0.6) is 0 Å². The number of carboxylic acids is 1. The highest BCUT2D eigenvalue weighted by molar-refractivity contribution is 6.23. The van der Waals surface area contributed by atoms with E-state index in [1.807, 2.05) is 0 Å². The van der Waals surface area contributed by atoms with Gasteiger partial charge in [0.1, 0.15) is 0 Å². The fourth-order valence-corrected chi connectivity index (χ4v) is 1.64. The molecule has 4 amide bonds. The van der Waals surface area contributed by atoms with Crippen molar-refractivity contribution in [3.8, 4) is 0 Å². The van der Waals surface area contributed by atoms with Gasteiger partial charge in [-0.15, -0.1) is 0 Å². The molecule has 0 aromatic carbocycles. The van der Waals surface area contributed by atoms with Gasteiger partial charge in [-0.3, -0.25) is 24.4 Å². The molecule has 0 saturated carbocycles. The molecule has 0 spiro atoms. The standard InChI is InChI=1S/C11H15N3O6/c1-5(15)7(10(18)19)12-4-6-8(16)13(2)11(20)14(3)9(6)17/h4-7,15H,1-3H3,(H,18,19)/t5-,7-/m1/s1. The molecule has 1 saturated heterocycles. The number of hydrogen-bond donors (Lipinski definition) is 2. The van der Waals surface area contributed by atoms with E-state index in [9.17, 15) is 24.3 Å². The van der Waals surface area contributed by atoms with Crippen LogP contribution in [0.4, 0.5) is 4.79 Å². The fourth-order valence-electron chi connectivity index (χ4n) is 1.64. The Bertz CT molecular complexity index is 463. The number of urea groups is 1. The van der Waals surface area contributed by atoms with Gasteiger partial charge >= 0.3 is 12.0 Å². The highest BCUT2D eigenvalue weighted by Gasteiger charge is 2.41. The predicted molar refractivity (Wildman–Crippen MR) is 66.0 cm³/mol. The Morgan fingerprint density at radius 3 is 2.05 bits per heavy atom. The van der Waals surface area contributed by atoms with E-state index < -0.39 is 41.9 Å². The largest absolute Gasteiger partial charge is 0.480 e. The van der Waals surface area contributed by atoms with Crippen LogP contribution >= 0.6 is 0 Å². The van der Waals surface area contributed by atoms with Crippen molar-refractivity contribution in [2.24, 2.45) is 10.9 Å². The minimum absolute atomic E-state index is 0.746. The average Bonchev–Trinajstić information content (AvgIpc) is 2.37. The van der Waals surface area contributed by atoms with Crippen molar-refractivity contribution in [2.45, 2.75) is 19.1 Å². The van der Waals surface area contributed by atoms with Gasteiger partial charge in [0.15, 0.2) is 12.0 Å². The molecule has 1 fully saturated rings. The number of aliphatic imine (C=N–C) groups is 1. The summed E-state index contributed by atoms with van der Waals surface area (Å²) >= 11 is 0. The summed E-state index contributed by atoms with van der Waals surface area (Å²) in [5.74, 6) is -4.35. The van der Waals surface area contributed by atoms with E-state index in [1.54, 1.807) is 0 Å². The fraction of sp³-hybridized carbons (Fsp3) is 0.545. The van der Waals surface area contributed by atoms with Crippen molar-refractivity contribution in [3.63, 3.8) is 0 Å². The van der Waals surface area contributed by atoms with E-state index in [0.717, 1.165) is 16.0 Å². The molecular weight excluding hydrogens is 270 g/mol. The number of carboxylic acid groups (broad SMARTS) is 1. The lowest BCUT2D eigenvalue weighted by atomic mass is 10.1. The number of imide groups is 2. The van der Waals surface area contributed by atoms with Crippen molar-refractivity contribution in [1.82, 2.24) is 9.80 Å². The van der Waals surface area contributed by atoms with Gasteiger partial charge in [-0.05, 0) is 6.92 Å². The van der Waals surface area contributed by atoms with Crippen molar-refractivity contribution in [2.75, 3.05) is 14.1 Å². The Morgan fingerprint density at radius 1 is 1.25 bits per heavy atom. The second kappa shape index (κ2) is 5.78. The van der Waals surface area contributed by atoms with E-state index >= 15 is 0 Å². The van der Waals surface area contributed by atoms with Crippen molar-refractivity contribution >= 4 is 30.0 Å². The van der Waals surface area contributed by atoms with Crippen LogP contribution in [0.25, 0.3) is 0 Å². The molecule has 0 radical (unpaired) electrons. The van der Waals surface area contributed by atoms with Gasteiger partial charge < -0.3 is 10.2 Å². The topological polar surface area (TPSA) is 128 Å². The van der Waals surface area contributed by atoms with Crippen LogP contribution in [0.15, 0.2) is 4.99 Å². The lowest BCUT2D eigenvalue weighted by Crippen LogP contribution is -2.57. The number of barbiturate groups is 1. The number of carbonyl (C=O) groups excluding carboxylic acids is 3. The van der Waals surface area contributed by atoms with Crippen LogP contribution in [0.2, 0.25) is 0 Å². The quantitative estimate of drug-likeness (QED) is 0.481. The first kappa shape index (κ1) is 15.8. The second-order valence-electron chi connectivity index (χ2n) is 4.38. The summed E-state index contributed by atoms with van der Waals surface area (Å²) in [5.41, 5.74) is 0. The molecule has 0 aromatic rings. The van der Waals surface area contributed by atoms with Crippen LogP contribution in [0.1, 0.15) is 6.92 Å². The van der Waals surface area contributed by atoms with E-state index in [-0.39, 0.29) is 0 Å². The smallest absolute Gasteiger partial charge is 0.332 e. The maximum absolute atomic E-state index is 11.8. The monoisotopic (exact) mass is 285 g/mol. The van der Waals surface area contributed by atoms with E-state index in [0.29, 0.717) is 0 Å². The maximum atomic E-state index is 11.8. The van der Waals surface area contributed by atoms with Gasteiger partial charge in [-0.25, -0.2) is 9.59 Å². The molecule has 0 bridgehead atoms. The van der Waals surface area contributed by atoms with Crippen molar-refractivity contribution in [3.05, 3.63) is 0 Å². The van der Waals surface area contributed by atoms with Crippen LogP contribution < -0.4 is 0 Å². The number of carbonyl (C=O) groups is 4. The summed E-state index contributed by atoms with van der Waals surface area (Å²) in [5, 5.41) is 18.1. The van der Waals surface area contributed by atoms with Crippen LogP contribution in [0, 0.1) is 5.92 Å². The van der Waals surface area contributed by atoms with Crippen LogP contribution in [-0.4, -0.2) is 76.3 Å². The molecule has 1 heterocycles. The number of aliphatic carboxylic acids is 1. The summed E-state index contributed by atoms with van der Waals surface area (Å²) < 4.78 is 0. The zero-order valence-electron chi connectivity index (χ0n) is 11.2. The Balaban J connectivity index is 3.00. The van der Waals surface area contributed by atoms with Crippen LogP contribution in [0.3, 0.4) is 0 Å². The minimum atomic E-state index is -1.48. The normalized spacial score (nSPS) is 20.7. The first-order valence-electron chi connectivity index (χ1n) is 5.71. The number of hydrogen-bond acceptors (Lipinski definition) is 6. The molecule has 2 N–H and O–H groups in total. The highest BCUT2D eigenvalue weighted by atomic mass is 16.4. The minimum Gasteiger partial charge on any atom is -0.480 e. The van der Waals surface area contributed by atoms with Gasteiger partial charge in [-0.2, -0.15) is 0 Å². The number of aliphatic hydroxyl groups is 1. The molecule has 1 aliphatic rings. The first-order valence-corrected chi connectivity index (χ1v) is 5.71. The Morgan fingerprint density at radius 2 is 1.70 bits per heavy atom. The van der Waals surface area contributed by atoms with Gasteiger partial charge in [0.05, 0.1) is 6.10 Å². The molecule has 1 rings (SSSR count). The SMILES string of the molecule is C[C@@H](O)[C@@H](N=CC1C(=O)N(C)C(=O)N(C)C1=O)C(=O)O. The van der Waals surface area contributed by atoms with Crippen molar-refractivity contribution < 1.29 is 29.4 Å². The average molecular weight is 285 g/mol. The van der Waals surface area contributed by atoms with E-state index in [1.165, 1.54) is 21.0 Å². The summed E-state index contributed by atoms with van der Waals surface area (Å²) in [4.78, 5) is 51.0. The Labute approximate surface area is 114 Å². The van der Waals surface area contributed by atoms with Crippen molar-refractivity contribution in [1.29, 1.82) is 0 Å². The predicted octanol–water partition coefficient (Wildman–Crippen LogP) is -1.44. The second-order valence-corrected chi connectivity index (χ2v) is 4.38. The third-order valence-electron chi connectivity index (χ3n) is 2.87. The van der Waals surface area contributed by atoms with E-state index in [2.05, 4.69) is 4.99 Å². The molecule has 20 heavy (non-hydrogen) atoms. The summed E-state index contributed by atoms with van der Waals surface area (Å²) in [6.07, 6.45) is -0.426.